The first kappa shape index (κ1) is 17.2. The van der Waals surface area contributed by atoms with E-state index in [0.29, 0.717) is 13.1 Å². The van der Waals surface area contributed by atoms with Crippen molar-refractivity contribution in [3.63, 3.8) is 0 Å². The van der Waals surface area contributed by atoms with Crippen molar-refractivity contribution in [3.8, 4) is 0 Å². The first-order chi connectivity index (χ1) is 12.2. The maximum Gasteiger partial charge on any atom is 0.249 e. The third-order valence-electron chi connectivity index (χ3n) is 4.15. The van der Waals surface area contributed by atoms with Gasteiger partial charge in [-0.3, -0.25) is 9.59 Å². The number of rotatable bonds is 7. The second-order valence-corrected chi connectivity index (χ2v) is 5.98. The summed E-state index contributed by atoms with van der Waals surface area (Å²) in [6, 6.07) is 9.08. The van der Waals surface area contributed by atoms with Crippen LogP contribution in [0.2, 0.25) is 0 Å². The lowest BCUT2D eigenvalue weighted by Crippen LogP contribution is -2.56. The van der Waals surface area contributed by atoms with Crippen LogP contribution in [-0.4, -0.2) is 52.1 Å². The maximum atomic E-state index is 12.5. The van der Waals surface area contributed by atoms with Crippen LogP contribution < -0.4 is 5.32 Å². The summed E-state index contributed by atoms with van der Waals surface area (Å²) in [4.78, 5) is 30.3. The van der Waals surface area contributed by atoms with E-state index in [2.05, 4.69) is 10.3 Å². The quantitative estimate of drug-likeness (QED) is 0.756. The van der Waals surface area contributed by atoms with E-state index in [4.69, 9.17) is 4.74 Å². The molecule has 1 aromatic heterocycles. The highest BCUT2D eigenvalue weighted by Gasteiger charge is 2.33. The van der Waals surface area contributed by atoms with Gasteiger partial charge in [0.15, 0.2) is 0 Å². The molecule has 0 unspecified atom stereocenters. The highest BCUT2D eigenvalue weighted by atomic mass is 16.5. The van der Waals surface area contributed by atoms with E-state index < -0.39 is 6.04 Å². The van der Waals surface area contributed by atoms with Crippen molar-refractivity contribution in [2.75, 3.05) is 19.8 Å². The molecule has 25 heavy (non-hydrogen) atoms. The predicted octanol–water partition coefficient (Wildman–Crippen LogP) is 0.817. The zero-order valence-electron chi connectivity index (χ0n) is 14.0. The Hall–Kier alpha value is -2.67. The number of amides is 2. The van der Waals surface area contributed by atoms with Crippen LogP contribution >= 0.6 is 0 Å². The Morgan fingerprint density at radius 3 is 2.92 bits per heavy atom. The van der Waals surface area contributed by atoms with Crippen LogP contribution in [0.1, 0.15) is 12.0 Å². The average molecular weight is 342 g/mol. The van der Waals surface area contributed by atoms with Crippen molar-refractivity contribution in [1.82, 2.24) is 19.8 Å². The monoisotopic (exact) mass is 342 g/mol. The summed E-state index contributed by atoms with van der Waals surface area (Å²) < 4.78 is 7.24. The molecule has 1 N–H and O–H groups in total. The van der Waals surface area contributed by atoms with E-state index in [1.807, 2.05) is 41.1 Å². The molecule has 1 aliphatic rings. The first-order valence-electron chi connectivity index (χ1n) is 8.38. The Morgan fingerprint density at radius 2 is 2.16 bits per heavy atom. The molecule has 132 valence electrons. The Kier molecular flexibility index (Phi) is 5.79. The van der Waals surface area contributed by atoms with Crippen molar-refractivity contribution in [2.45, 2.75) is 25.6 Å². The fraction of sp³-hybridized carbons (Fsp3) is 0.389. The Morgan fingerprint density at radius 1 is 1.32 bits per heavy atom. The molecule has 0 radical (unpaired) electrons. The van der Waals surface area contributed by atoms with E-state index in [-0.39, 0.29) is 25.0 Å². The van der Waals surface area contributed by atoms with Gasteiger partial charge in [0.25, 0.3) is 0 Å². The first-order valence-corrected chi connectivity index (χ1v) is 8.38. The van der Waals surface area contributed by atoms with Gasteiger partial charge in [-0.1, -0.05) is 30.3 Å². The molecule has 2 heterocycles. The molecule has 7 heteroatoms. The molecular weight excluding hydrogens is 320 g/mol. The molecule has 1 saturated heterocycles. The minimum absolute atomic E-state index is 0.0250. The Labute approximate surface area is 146 Å². The number of aryl methyl sites for hydroxylation is 1. The molecule has 1 atom stereocenters. The number of hydrogen-bond acceptors (Lipinski definition) is 4. The summed E-state index contributed by atoms with van der Waals surface area (Å²) in [7, 11) is 0. The normalized spacial score (nSPS) is 17.5. The third-order valence-corrected chi connectivity index (χ3v) is 4.15. The molecule has 1 fully saturated rings. The topological polar surface area (TPSA) is 76.5 Å². The van der Waals surface area contributed by atoms with E-state index >= 15 is 0 Å². The highest BCUT2D eigenvalue weighted by Crippen LogP contribution is 2.13. The molecule has 0 bridgehead atoms. The van der Waals surface area contributed by atoms with Crippen LogP contribution in [0.5, 0.6) is 0 Å². The van der Waals surface area contributed by atoms with Crippen molar-refractivity contribution < 1.29 is 14.3 Å². The van der Waals surface area contributed by atoms with Gasteiger partial charge >= 0.3 is 0 Å². The van der Waals surface area contributed by atoms with Gasteiger partial charge in [-0.15, -0.1) is 0 Å². The number of aromatic nitrogens is 2. The zero-order chi connectivity index (χ0) is 17.5. The fourth-order valence-corrected chi connectivity index (χ4v) is 2.81. The van der Waals surface area contributed by atoms with Crippen LogP contribution in [0.4, 0.5) is 0 Å². The van der Waals surface area contributed by atoms with Gasteiger partial charge in [0.1, 0.15) is 12.6 Å². The summed E-state index contributed by atoms with van der Waals surface area (Å²) in [5, 5.41) is 2.90. The largest absolute Gasteiger partial charge is 0.369 e. The van der Waals surface area contributed by atoms with Crippen LogP contribution in [0.3, 0.4) is 0 Å². The van der Waals surface area contributed by atoms with Crippen molar-refractivity contribution in [1.29, 1.82) is 0 Å². The summed E-state index contributed by atoms with van der Waals surface area (Å²) in [6.07, 6.45) is 6.15. The zero-order valence-corrected chi connectivity index (χ0v) is 14.0. The minimum atomic E-state index is -0.588. The lowest BCUT2D eigenvalue weighted by molar-refractivity contribution is -0.155. The number of morpholine rings is 1. The van der Waals surface area contributed by atoms with Gasteiger partial charge in [0.2, 0.25) is 11.8 Å². The van der Waals surface area contributed by atoms with Crippen LogP contribution in [0, 0.1) is 0 Å². The van der Waals surface area contributed by atoms with Gasteiger partial charge in [0.05, 0.1) is 12.9 Å². The standard InChI is InChI=1S/C18H22N4O3/c23-17-13-25-12-16(22(17)11-15-5-2-1-3-6-15)18(24)20-7-4-9-21-10-8-19-14-21/h1-3,5-6,8,10,14,16H,4,7,9,11-13H2,(H,20,24)/t16-/m0/s1. The number of carbonyl (C=O) groups is 2. The summed E-state index contributed by atoms with van der Waals surface area (Å²) >= 11 is 0. The smallest absolute Gasteiger partial charge is 0.249 e. The summed E-state index contributed by atoms with van der Waals surface area (Å²) in [6.45, 7) is 1.99. The molecule has 1 aliphatic heterocycles. The van der Waals surface area contributed by atoms with Crippen molar-refractivity contribution >= 4 is 11.8 Å². The highest BCUT2D eigenvalue weighted by molar-refractivity contribution is 5.89. The number of ether oxygens (including phenoxy) is 1. The second kappa shape index (κ2) is 8.43. The van der Waals surface area contributed by atoms with Gasteiger partial charge in [-0.25, -0.2) is 4.98 Å². The number of hydrogen-bond donors (Lipinski definition) is 1. The molecule has 0 saturated carbocycles. The second-order valence-electron chi connectivity index (χ2n) is 5.98. The van der Waals surface area contributed by atoms with E-state index in [1.165, 1.54) is 0 Å². The molecule has 0 spiro atoms. The summed E-state index contributed by atoms with van der Waals surface area (Å²) in [5.41, 5.74) is 0.996. The van der Waals surface area contributed by atoms with E-state index in [9.17, 15) is 9.59 Å². The van der Waals surface area contributed by atoms with Gasteiger partial charge in [-0.05, 0) is 12.0 Å². The SMILES string of the molecule is O=C(NCCCn1ccnc1)[C@@H]1COCC(=O)N1Cc1ccccc1. The molecule has 1 aromatic carbocycles. The molecular formula is C18H22N4O3. The number of nitrogens with zero attached hydrogens (tertiary/aromatic N) is 3. The van der Waals surface area contributed by atoms with Crippen LogP contribution in [-0.2, 0) is 27.4 Å². The lowest BCUT2D eigenvalue weighted by Gasteiger charge is -2.34. The minimum Gasteiger partial charge on any atom is -0.369 e. The van der Waals surface area contributed by atoms with Crippen molar-refractivity contribution in [2.24, 2.45) is 0 Å². The number of imidazole rings is 1. The Bertz CT molecular complexity index is 688. The number of nitrogens with one attached hydrogen (secondary N) is 1. The van der Waals surface area contributed by atoms with Gasteiger partial charge in [0, 0.05) is 32.0 Å². The fourth-order valence-electron chi connectivity index (χ4n) is 2.81. The maximum absolute atomic E-state index is 12.5. The third kappa shape index (κ3) is 4.67. The average Bonchev–Trinajstić information content (AvgIpc) is 3.15. The van der Waals surface area contributed by atoms with Gasteiger partial charge < -0.3 is 19.5 Å². The Balaban J connectivity index is 1.53. The number of benzene rings is 1. The molecule has 7 nitrogen and oxygen atoms in total. The van der Waals surface area contributed by atoms with E-state index in [1.54, 1.807) is 17.4 Å². The number of carbonyl (C=O) groups excluding carboxylic acids is 2. The molecule has 0 aliphatic carbocycles. The molecule has 2 amide bonds. The molecule has 2 aromatic rings. The van der Waals surface area contributed by atoms with Gasteiger partial charge in [-0.2, -0.15) is 0 Å². The van der Waals surface area contributed by atoms with Crippen LogP contribution in [0.25, 0.3) is 0 Å². The van der Waals surface area contributed by atoms with E-state index in [0.717, 1.165) is 18.5 Å². The van der Waals surface area contributed by atoms with Crippen LogP contribution in [0.15, 0.2) is 49.1 Å². The molecule has 3 rings (SSSR count). The lowest BCUT2D eigenvalue weighted by atomic mass is 10.1. The predicted molar refractivity (Wildman–Crippen MR) is 91.5 cm³/mol. The summed E-state index contributed by atoms with van der Waals surface area (Å²) in [5.74, 6) is -0.330. The van der Waals surface area contributed by atoms with Crippen molar-refractivity contribution in [3.05, 3.63) is 54.6 Å².